The summed E-state index contributed by atoms with van der Waals surface area (Å²) in [5.41, 5.74) is 1.85. The van der Waals surface area contributed by atoms with Gasteiger partial charge in [-0.1, -0.05) is 69.9 Å². The van der Waals surface area contributed by atoms with Gasteiger partial charge < -0.3 is 14.5 Å². The number of ether oxygens (including phenoxy) is 1. The highest BCUT2D eigenvalue weighted by atomic mass is 16.6. The molecule has 0 unspecified atom stereocenters. The van der Waals surface area contributed by atoms with E-state index < -0.39 is 4.92 Å². The zero-order valence-electron chi connectivity index (χ0n) is 30.3. The highest BCUT2D eigenvalue weighted by molar-refractivity contribution is 6.16. The molecule has 0 N–H and O–H groups in total. The number of imide groups is 1. The molecule has 0 radical (unpaired) electrons. The number of nitrogens with zero attached hydrogens (tertiary/aromatic N) is 5. The van der Waals surface area contributed by atoms with Gasteiger partial charge in [-0.25, -0.2) is 4.90 Å². The van der Waals surface area contributed by atoms with Crippen molar-refractivity contribution in [3.63, 3.8) is 0 Å². The summed E-state index contributed by atoms with van der Waals surface area (Å²) in [4.78, 5) is 61.0. The van der Waals surface area contributed by atoms with Crippen LogP contribution in [0.4, 0.5) is 22.7 Å². The summed E-state index contributed by atoms with van der Waals surface area (Å²) < 4.78 is 5.91. The van der Waals surface area contributed by atoms with Crippen molar-refractivity contribution in [2.45, 2.75) is 96.3 Å². The maximum atomic E-state index is 14.0. The molecule has 1 aliphatic heterocycles. The number of rotatable bonds is 11. The Kier molecular flexibility index (Phi) is 12.6. The third kappa shape index (κ3) is 8.73. The van der Waals surface area contributed by atoms with Crippen LogP contribution in [-0.2, 0) is 14.4 Å². The van der Waals surface area contributed by atoms with E-state index in [1.54, 1.807) is 30.2 Å². The summed E-state index contributed by atoms with van der Waals surface area (Å²) in [5, 5.41) is 11.9. The molecule has 6 rings (SSSR count). The second kappa shape index (κ2) is 17.5. The molecular formula is C40H55N5O6. The van der Waals surface area contributed by atoms with E-state index in [0.717, 1.165) is 128 Å². The fourth-order valence-electron chi connectivity index (χ4n) is 8.71. The number of hydrogen-bond acceptors (Lipinski definition) is 8. The Labute approximate surface area is 302 Å². The van der Waals surface area contributed by atoms with Crippen molar-refractivity contribution < 1.29 is 24.0 Å². The molecule has 4 aliphatic rings. The van der Waals surface area contributed by atoms with Crippen LogP contribution < -0.4 is 19.4 Å². The van der Waals surface area contributed by atoms with Gasteiger partial charge in [0.05, 0.1) is 23.4 Å². The van der Waals surface area contributed by atoms with E-state index in [1.165, 1.54) is 11.0 Å². The van der Waals surface area contributed by atoms with Gasteiger partial charge in [-0.3, -0.25) is 29.4 Å². The number of methoxy groups -OCH3 is 1. The van der Waals surface area contributed by atoms with E-state index in [4.69, 9.17) is 4.74 Å². The molecule has 3 aliphatic carbocycles. The molecule has 1 heterocycles. The quantitative estimate of drug-likeness (QED) is 0.136. The maximum Gasteiger partial charge on any atom is 0.292 e. The Morgan fingerprint density at radius 1 is 0.745 bits per heavy atom. The van der Waals surface area contributed by atoms with Crippen LogP contribution in [0, 0.1) is 27.9 Å². The van der Waals surface area contributed by atoms with Gasteiger partial charge in [0.1, 0.15) is 11.4 Å². The summed E-state index contributed by atoms with van der Waals surface area (Å²) in [6.45, 7) is 3.94. The second-order valence-electron chi connectivity index (χ2n) is 14.9. The topological polar surface area (TPSA) is 117 Å². The first kappa shape index (κ1) is 36.8. The number of nitro groups is 1. The molecule has 0 aromatic heterocycles. The SMILES string of the molecule is COc1cc(N(C(=O)C2CCCCC2)C(=O)C2CCCCC2)ccc1N1CCN(CCN(C(=O)C2CCCCC2)c2ccccc2[N+](=O)[O-])CC1. The van der Waals surface area contributed by atoms with E-state index in [0.29, 0.717) is 30.2 Å². The minimum absolute atomic E-state index is 0.00885. The summed E-state index contributed by atoms with van der Waals surface area (Å²) in [6, 6.07) is 12.3. The van der Waals surface area contributed by atoms with Crippen LogP contribution >= 0.6 is 0 Å². The second-order valence-corrected chi connectivity index (χ2v) is 14.9. The van der Waals surface area contributed by atoms with Crippen LogP contribution in [0.25, 0.3) is 0 Å². The fourth-order valence-corrected chi connectivity index (χ4v) is 8.71. The standard InChI is InChI=1S/C40H55N5O6/c1-51-37-29-33(44(39(47)31-15-7-3-8-16-31)40(48)32-17-9-4-10-18-32)21-22-36(37)42-26-23-41(24-27-42)25-28-43(38(46)30-13-5-2-6-14-30)34-19-11-12-20-35(34)45(49)50/h11-12,19-22,29-32H,2-10,13-18,23-28H2,1H3. The third-order valence-electron chi connectivity index (χ3n) is 11.7. The number of carbonyl (C=O) groups excluding carboxylic acids is 3. The molecule has 2 aromatic rings. The number of piperazine rings is 1. The number of anilines is 3. The van der Waals surface area contributed by atoms with E-state index in [-0.39, 0.29) is 41.2 Å². The molecule has 0 atom stereocenters. The zero-order chi connectivity index (χ0) is 35.7. The van der Waals surface area contributed by atoms with E-state index >= 15 is 0 Å². The number of hydrogen-bond donors (Lipinski definition) is 0. The molecule has 3 saturated carbocycles. The van der Waals surface area contributed by atoms with Crippen molar-refractivity contribution in [2.75, 3.05) is 61.1 Å². The minimum atomic E-state index is -0.398. The number of amides is 3. The van der Waals surface area contributed by atoms with Crippen molar-refractivity contribution in [3.05, 3.63) is 52.6 Å². The van der Waals surface area contributed by atoms with Gasteiger partial charge in [0.15, 0.2) is 0 Å². The Balaban J connectivity index is 1.14. The predicted octanol–water partition coefficient (Wildman–Crippen LogP) is 7.36. The van der Waals surface area contributed by atoms with Crippen molar-refractivity contribution in [2.24, 2.45) is 17.8 Å². The Morgan fingerprint density at radius 3 is 1.80 bits per heavy atom. The monoisotopic (exact) mass is 701 g/mol. The van der Waals surface area contributed by atoms with Crippen LogP contribution in [0.3, 0.4) is 0 Å². The summed E-state index contributed by atoms with van der Waals surface area (Å²) in [5.74, 6) is 0.164. The van der Waals surface area contributed by atoms with Crippen LogP contribution in [0.2, 0.25) is 0 Å². The molecule has 51 heavy (non-hydrogen) atoms. The summed E-state index contributed by atoms with van der Waals surface area (Å²) in [7, 11) is 1.63. The van der Waals surface area contributed by atoms with Gasteiger partial charge in [0.25, 0.3) is 5.69 Å². The smallest absolute Gasteiger partial charge is 0.292 e. The van der Waals surface area contributed by atoms with E-state index in [1.807, 2.05) is 18.2 Å². The van der Waals surface area contributed by atoms with Gasteiger partial charge >= 0.3 is 0 Å². The van der Waals surface area contributed by atoms with Gasteiger partial charge in [-0.05, 0) is 56.7 Å². The normalized spacial score (nSPS) is 19.7. The molecule has 11 nitrogen and oxygen atoms in total. The molecule has 3 amide bonds. The van der Waals surface area contributed by atoms with Crippen LogP contribution in [0.1, 0.15) is 96.3 Å². The molecule has 0 bridgehead atoms. The molecule has 2 aromatic carbocycles. The minimum Gasteiger partial charge on any atom is -0.495 e. The highest BCUT2D eigenvalue weighted by Crippen LogP contribution is 2.38. The predicted molar refractivity (Wildman–Crippen MR) is 199 cm³/mol. The number of para-hydroxylation sites is 2. The third-order valence-corrected chi connectivity index (χ3v) is 11.7. The summed E-state index contributed by atoms with van der Waals surface area (Å²) in [6.07, 6.45) is 14.5. The van der Waals surface area contributed by atoms with Crippen molar-refractivity contribution in [3.8, 4) is 5.75 Å². The molecule has 276 valence electrons. The van der Waals surface area contributed by atoms with Crippen molar-refractivity contribution in [1.29, 1.82) is 0 Å². The van der Waals surface area contributed by atoms with Crippen molar-refractivity contribution >= 4 is 40.5 Å². The number of nitro benzene ring substituents is 1. The largest absolute Gasteiger partial charge is 0.495 e. The molecule has 1 saturated heterocycles. The maximum absolute atomic E-state index is 14.0. The lowest BCUT2D eigenvalue weighted by molar-refractivity contribution is -0.384. The Morgan fingerprint density at radius 2 is 1.27 bits per heavy atom. The van der Waals surface area contributed by atoms with Crippen molar-refractivity contribution in [1.82, 2.24) is 4.90 Å². The molecule has 0 spiro atoms. The average molecular weight is 702 g/mol. The lowest BCUT2D eigenvalue weighted by Crippen LogP contribution is -2.50. The fraction of sp³-hybridized carbons (Fsp3) is 0.625. The lowest BCUT2D eigenvalue weighted by atomic mass is 9.85. The molecule has 4 fully saturated rings. The van der Waals surface area contributed by atoms with Crippen LogP contribution in [0.5, 0.6) is 5.75 Å². The van der Waals surface area contributed by atoms with E-state index in [2.05, 4.69) is 9.80 Å². The first-order chi connectivity index (χ1) is 24.9. The lowest BCUT2D eigenvalue weighted by Gasteiger charge is -2.38. The Hall–Kier alpha value is -3.99. The van der Waals surface area contributed by atoms with Crippen LogP contribution in [0.15, 0.2) is 42.5 Å². The number of benzene rings is 2. The first-order valence-electron chi connectivity index (χ1n) is 19.4. The molecule has 11 heteroatoms. The van der Waals surface area contributed by atoms with Gasteiger partial charge in [0.2, 0.25) is 17.7 Å². The zero-order valence-corrected chi connectivity index (χ0v) is 30.3. The van der Waals surface area contributed by atoms with E-state index in [9.17, 15) is 24.5 Å². The summed E-state index contributed by atoms with van der Waals surface area (Å²) >= 11 is 0. The van der Waals surface area contributed by atoms with Gasteiger partial charge in [-0.15, -0.1) is 0 Å². The number of carbonyl (C=O) groups is 3. The highest BCUT2D eigenvalue weighted by Gasteiger charge is 2.36. The van der Waals surface area contributed by atoms with Gasteiger partial charge in [0, 0.05) is 69.2 Å². The Bertz CT molecular complexity index is 1490. The van der Waals surface area contributed by atoms with Gasteiger partial charge in [-0.2, -0.15) is 0 Å². The molecular weight excluding hydrogens is 646 g/mol. The van der Waals surface area contributed by atoms with Crippen LogP contribution in [-0.4, -0.2) is 73.9 Å². The average Bonchev–Trinajstić information content (AvgIpc) is 3.19. The first-order valence-corrected chi connectivity index (χ1v) is 19.4.